The van der Waals surface area contributed by atoms with Crippen molar-refractivity contribution >= 4 is 28.8 Å². The predicted molar refractivity (Wildman–Crippen MR) is 118 cm³/mol. The van der Waals surface area contributed by atoms with Gasteiger partial charge in [-0.25, -0.2) is 19.6 Å². The van der Waals surface area contributed by atoms with Gasteiger partial charge in [0.05, 0.1) is 30.5 Å². The fourth-order valence-electron chi connectivity index (χ4n) is 3.93. The molecule has 12 heteroatoms. The number of morpholine rings is 1. The molecule has 0 bridgehead atoms. The lowest BCUT2D eigenvalue weighted by Gasteiger charge is -2.32. The van der Waals surface area contributed by atoms with Crippen molar-refractivity contribution in [1.29, 1.82) is 0 Å². The Balaban J connectivity index is 1.52. The lowest BCUT2D eigenvalue weighted by Crippen LogP contribution is -2.48. The largest absolute Gasteiger partial charge is 0.378 e. The highest BCUT2D eigenvalue weighted by atomic mass is 16.5. The summed E-state index contributed by atoms with van der Waals surface area (Å²) in [6.45, 7) is 5.92. The molecule has 0 aromatic carbocycles. The van der Waals surface area contributed by atoms with E-state index in [1.807, 2.05) is 4.90 Å². The van der Waals surface area contributed by atoms with E-state index >= 15 is 0 Å². The highest BCUT2D eigenvalue weighted by Gasteiger charge is 2.23. The Kier molecular flexibility index (Phi) is 5.53. The van der Waals surface area contributed by atoms with Crippen LogP contribution in [0.3, 0.4) is 0 Å². The molecule has 0 radical (unpaired) electrons. The maximum absolute atomic E-state index is 12.9. The van der Waals surface area contributed by atoms with E-state index < -0.39 is 0 Å². The van der Waals surface area contributed by atoms with Crippen LogP contribution in [0.15, 0.2) is 18.6 Å². The molecule has 2 fully saturated rings. The van der Waals surface area contributed by atoms with E-state index in [9.17, 15) is 4.79 Å². The Morgan fingerprint density at radius 1 is 1.03 bits per heavy atom. The van der Waals surface area contributed by atoms with Crippen molar-refractivity contribution in [3.8, 4) is 11.3 Å². The van der Waals surface area contributed by atoms with Crippen molar-refractivity contribution in [2.24, 2.45) is 0 Å². The molecule has 2 N–H and O–H groups in total. The van der Waals surface area contributed by atoms with Crippen LogP contribution in [0.4, 0.5) is 11.9 Å². The van der Waals surface area contributed by atoms with E-state index in [0.29, 0.717) is 49.2 Å². The van der Waals surface area contributed by atoms with Crippen molar-refractivity contribution in [2.45, 2.75) is 6.54 Å². The number of carbonyl (C=O) groups is 1. The third-order valence-electron chi connectivity index (χ3n) is 5.86. The van der Waals surface area contributed by atoms with Crippen molar-refractivity contribution in [2.75, 3.05) is 70.2 Å². The molecular weight excluding hydrogens is 412 g/mol. The highest BCUT2D eigenvalue weighted by molar-refractivity contribution is 5.91. The Morgan fingerprint density at radius 3 is 2.47 bits per heavy atom. The lowest BCUT2D eigenvalue weighted by molar-refractivity contribution is -0.133. The van der Waals surface area contributed by atoms with E-state index in [0.717, 1.165) is 31.6 Å². The fourth-order valence-corrected chi connectivity index (χ4v) is 3.93. The van der Waals surface area contributed by atoms with E-state index in [1.54, 1.807) is 23.3 Å². The molecule has 0 atom stereocenters. The number of nitrogens with zero attached hydrogens (tertiary/aromatic N) is 9. The van der Waals surface area contributed by atoms with Crippen LogP contribution in [-0.2, 0) is 16.1 Å². The van der Waals surface area contributed by atoms with Gasteiger partial charge < -0.3 is 25.2 Å². The number of fused-ring (bicyclic) bond motifs is 1. The number of ether oxygens (including phenoxy) is 1. The normalized spacial score (nSPS) is 17.8. The number of hydrogen-bond donors (Lipinski definition) is 1. The second kappa shape index (κ2) is 8.63. The Bertz CT molecular complexity index is 1100. The fraction of sp³-hybridized carbons (Fsp3) is 0.500. The minimum atomic E-state index is 0.0343. The van der Waals surface area contributed by atoms with Gasteiger partial charge in [-0.3, -0.25) is 4.79 Å². The first-order valence-corrected chi connectivity index (χ1v) is 10.7. The summed E-state index contributed by atoms with van der Waals surface area (Å²) in [5.41, 5.74) is 7.65. The predicted octanol–water partition coefficient (Wildman–Crippen LogP) is -0.524. The smallest absolute Gasteiger partial charge is 0.244 e. The maximum atomic E-state index is 12.9. The third-order valence-corrected chi connectivity index (χ3v) is 5.86. The van der Waals surface area contributed by atoms with Crippen LogP contribution in [0.2, 0.25) is 0 Å². The summed E-state index contributed by atoms with van der Waals surface area (Å²) in [5, 5.41) is 5.22. The molecule has 2 aliphatic heterocycles. The average Bonchev–Trinajstić information content (AvgIpc) is 3.22. The van der Waals surface area contributed by atoms with Gasteiger partial charge in [-0.1, -0.05) is 0 Å². The van der Waals surface area contributed by atoms with Crippen LogP contribution in [-0.4, -0.2) is 105 Å². The SMILES string of the molecule is CN1CCN(C(=O)Cn2ncc3c(-c4cnc(N)nc4)nc(N4CCOCC4)nc32)CC1. The summed E-state index contributed by atoms with van der Waals surface area (Å²) in [6, 6.07) is 0. The number of nitrogen functional groups attached to an aromatic ring is 1. The molecule has 168 valence electrons. The lowest BCUT2D eigenvalue weighted by atomic mass is 10.2. The molecule has 0 unspecified atom stereocenters. The van der Waals surface area contributed by atoms with Gasteiger partial charge in [0, 0.05) is 57.2 Å². The van der Waals surface area contributed by atoms with Crippen LogP contribution >= 0.6 is 0 Å². The standard InChI is InChI=1S/C20H26N10O2/c1-27-2-4-28(5-3-27)16(31)13-30-18-15(12-24-30)17(14-10-22-19(21)23-11-14)25-20(26-18)29-6-8-32-9-7-29/h10-12H,2-9,13H2,1H3,(H2,21,22,23). The molecule has 0 spiro atoms. The van der Waals surface area contributed by atoms with Crippen LogP contribution in [0, 0.1) is 0 Å². The van der Waals surface area contributed by atoms with E-state index in [-0.39, 0.29) is 18.4 Å². The van der Waals surface area contributed by atoms with Gasteiger partial charge in [-0.2, -0.15) is 10.1 Å². The zero-order chi connectivity index (χ0) is 22.1. The third kappa shape index (κ3) is 4.06. The summed E-state index contributed by atoms with van der Waals surface area (Å²) in [6.07, 6.45) is 4.97. The summed E-state index contributed by atoms with van der Waals surface area (Å²) in [4.78, 5) is 36.9. The molecule has 5 heterocycles. The van der Waals surface area contributed by atoms with E-state index in [4.69, 9.17) is 20.4 Å². The molecule has 0 saturated carbocycles. The average molecular weight is 438 g/mol. The van der Waals surface area contributed by atoms with Gasteiger partial charge in [0.25, 0.3) is 0 Å². The molecule has 1 amide bonds. The maximum Gasteiger partial charge on any atom is 0.244 e. The molecule has 12 nitrogen and oxygen atoms in total. The zero-order valence-corrected chi connectivity index (χ0v) is 18.0. The number of piperazine rings is 1. The number of anilines is 2. The minimum Gasteiger partial charge on any atom is -0.378 e. The summed E-state index contributed by atoms with van der Waals surface area (Å²) >= 11 is 0. The minimum absolute atomic E-state index is 0.0343. The molecule has 32 heavy (non-hydrogen) atoms. The Labute approximate surface area is 185 Å². The number of amides is 1. The summed E-state index contributed by atoms with van der Waals surface area (Å²) < 4.78 is 7.13. The number of rotatable bonds is 4. The van der Waals surface area contributed by atoms with Crippen molar-refractivity contribution in [1.82, 2.24) is 39.5 Å². The van der Waals surface area contributed by atoms with Crippen LogP contribution in [0.5, 0.6) is 0 Å². The molecule has 3 aromatic rings. The van der Waals surface area contributed by atoms with Gasteiger partial charge in [0.1, 0.15) is 6.54 Å². The molecule has 3 aromatic heterocycles. The van der Waals surface area contributed by atoms with Crippen LogP contribution in [0.1, 0.15) is 0 Å². The number of hydrogen-bond acceptors (Lipinski definition) is 10. The first kappa shape index (κ1) is 20.5. The number of aromatic nitrogens is 6. The first-order chi connectivity index (χ1) is 15.6. The van der Waals surface area contributed by atoms with Crippen LogP contribution in [0.25, 0.3) is 22.3 Å². The number of carbonyl (C=O) groups excluding carboxylic acids is 1. The molecule has 5 rings (SSSR count). The van der Waals surface area contributed by atoms with E-state index in [2.05, 4.69) is 31.9 Å². The Morgan fingerprint density at radius 2 is 1.75 bits per heavy atom. The zero-order valence-electron chi connectivity index (χ0n) is 18.0. The molecular formula is C20H26N10O2. The first-order valence-electron chi connectivity index (χ1n) is 10.7. The molecule has 2 aliphatic rings. The monoisotopic (exact) mass is 438 g/mol. The quantitative estimate of drug-likeness (QED) is 0.567. The summed E-state index contributed by atoms with van der Waals surface area (Å²) in [5.74, 6) is 0.800. The number of likely N-dealkylation sites (N-methyl/N-ethyl adjacent to an activating group) is 1. The van der Waals surface area contributed by atoms with Gasteiger partial charge in [-0.05, 0) is 7.05 Å². The second-order valence-corrected chi connectivity index (χ2v) is 8.03. The van der Waals surface area contributed by atoms with Gasteiger partial charge in [0.2, 0.25) is 17.8 Å². The highest BCUT2D eigenvalue weighted by Crippen LogP contribution is 2.28. The molecule has 0 aliphatic carbocycles. The Hall–Kier alpha value is -3.38. The van der Waals surface area contributed by atoms with Crippen LogP contribution < -0.4 is 10.6 Å². The summed E-state index contributed by atoms with van der Waals surface area (Å²) in [7, 11) is 2.06. The second-order valence-electron chi connectivity index (χ2n) is 8.03. The molecule has 2 saturated heterocycles. The van der Waals surface area contributed by atoms with Gasteiger partial charge >= 0.3 is 0 Å². The van der Waals surface area contributed by atoms with Crippen molar-refractivity contribution < 1.29 is 9.53 Å². The number of nitrogens with two attached hydrogens (primary N) is 1. The van der Waals surface area contributed by atoms with E-state index in [1.165, 1.54) is 0 Å². The van der Waals surface area contributed by atoms with Crippen molar-refractivity contribution in [3.63, 3.8) is 0 Å². The van der Waals surface area contributed by atoms with Gasteiger partial charge in [-0.15, -0.1) is 0 Å². The van der Waals surface area contributed by atoms with Gasteiger partial charge in [0.15, 0.2) is 5.65 Å². The van der Waals surface area contributed by atoms with Crippen molar-refractivity contribution in [3.05, 3.63) is 18.6 Å². The topological polar surface area (TPSA) is 131 Å².